The molecule has 0 saturated heterocycles. The third-order valence-corrected chi connectivity index (χ3v) is 4.62. The van der Waals surface area contributed by atoms with Crippen molar-refractivity contribution >= 4 is 23.4 Å². The van der Waals surface area contributed by atoms with E-state index in [1.807, 2.05) is 36.0 Å². The smallest absolute Gasteiger partial charge is 0.224 e. The minimum atomic E-state index is 0.116. The first-order valence-electron chi connectivity index (χ1n) is 6.35. The van der Waals surface area contributed by atoms with E-state index in [1.54, 1.807) is 0 Å². The van der Waals surface area contributed by atoms with E-state index in [1.165, 1.54) is 12.8 Å². The van der Waals surface area contributed by atoms with Crippen molar-refractivity contribution in [3.05, 3.63) is 29.8 Å². The average Bonchev–Trinajstić information content (AvgIpc) is 2.79. The maximum Gasteiger partial charge on any atom is 0.224 e. The highest BCUT2D eigenvalue weighted by Gasteiger charge is 2.27. The predicted octanol–water partition coefficient (Wildman–Crippen LogP) is 2.21. The van der Waals surface area contributed by atoms with Crippen molar-refractivity contribution in [2.24, 2.45) is 0 Å². The van der Waals surface area contributed by atoms with Gasteiger partial charge in [-0.1, -0.05) is 18.6 Å². The number of nitrogens with one attached hydrogen (secondary N) is 1. The lowest BCUT2D eigenvalue weighted by Gasteiger charge is -2.19. The number of thioether (sulfide) groups is 1. The molecular formula is C14H20N2OS. The van der Waals surface area contributed by atoms with E-state index in [9.17, 15) is 4.79 Å². The molecule has 18 heavy (non-hydrogen) atoms. The zero-order chi connectivity index (χ0) is 13.0. The molecule has 1 aliphatic carbocycles. The fraction of sp³-hybridized carbons (Fsp3) is 0.500. The molecule has 3 N–H and O–H groups in total. The molecule has 1 fully saturated rings. The number of carbonyl (C=O) groups excluding carboxylic acids is 1. The summed E-state index contributed by atoms with van der Waals surface area (Å²) in [6.45, 7) is 0. The first-order chi connectivity index (χ1) is 8.69. The fourth-order valence-corrected chi connectivity index (χ4v) is 3.39. The van der Waals surface area contributed by atoms with Gasteiger partial charge in [-0.3, -0.25) is 4.79 Å². The van der Waals surface area contributed by atoms with E-state index < -0.39 is 0 Å². The summed E-state index contributed by atoms with van der Waals surface area (Å²) in [7, 11) is 0. The molecule has 3 nitrogen and oxygen atoms in total. The largest absolute Gasteiger partial charge is 0.399 e. The lowest BCUT2D eigenvalue weighted by molar-refractivity contribution is -0.121. The van der Waals surface area contributed by atoms with Crippen LogP contribution in [0.2, 0.25) is 0 Å². The van der Waals surface area contributed by atoms with Crippen molar-refractivity contribution < 1.29 is 4.79 Å². The van der Waals surface area contributed by atoms with Crippen LogP contribution < -0.4 is 11.1 Å². The van der Waals surface area contributed by atoms with E-state index in [0.717, 1.165) is 17.7 Å². The number of hydrogen-bond donors (Lipinski definition) is 2. The molecule has 4 heteroatoms. The molecule has 0 bridgehead atoms. The topological polar surface area (TPSA) is 55.1 Å². The number of hydrogen-bond acceptors (Lipinski definition) is 3. The first kappa shape index (κ1) is 13.3. The number of rotatable bonds is 4. The second-order valence-electron chi connectivity index (χ2n) is 4.80. The molecule has 1 aromatic rings. The van der Waals surface area contributed by atoms with Gasteiger partial charge in [-0.15, -0.1) is 0 Å². The van der Waals surface area contributed by atoms with Gasteiger partial charge in [-0.05, 0) is 36.8 Å². The van der Waals surface area contributed by atoms with Crippen molar-refractivity contribution in [2.45, 2.75) is 37.0 Å². The van der Waals surface area contributed by atoms with Crippen LogP contribution in [0.25, 0.3) is 0 Å². The highest BCUT2D eigenvalue weighted by Crippen LogP contribution is 2.28. The minimum Gasteiger partial charge on any atom is -0.399 e. The Balaban J connectivity index is 1.86. The van der Waals surface area contributed by atoms with E-state index in [-0.39, 0.29) is 5.91 Å². The van der Waals surface area contributed by atoms with Crippen molar-refractivity contribution in [3.8, 4) is 0 Å². The van der Waals surface area contributed by atoms with Gasteiger partial charge in [0.25, 0.3) is 0 Å². The molecule has 2 unspecified atom stereocenters. The number of nitrogen functional groups attached to an aromatic ring is 1. The van der Waals surface area contributed by atoms with Crippen LogP contribution >= 0.6 is 11.8 Å². The van der Waals surface area contributed by atoms with E-state index >= 15 is 0 Å². The Kier molecular flexibility index (Phi) is 4.53. The van der Waals surface area contributed by atoms with Gasteiger partial charge in [0.05, 0.1) is 6.42 Å². The van der Waals surface area contributed by atoms with Crippen LogP contribution in [0.4, 0.5) is 5.69 Å². The van der Waals surface area contributed by atoms with E-state index in [4.69, 9.17) is 5.73 Å². The van der Waals surface area contributed by atoms with Crippen LogP contribution in [0.3, 0.4) is 0 Å². The zero-order valence-electron chi connectivity index (χ0n) is 10.7. The second-order valence-corrected chi connectivity index (χ2v) is 5.87. The number of anilines is 1. The van der Waals surface area contributed by atoms with Crippen LogP contribution in [-0.2, 0) is 11.2 Å². The Morgan fingerprint density at radius 3 is 2.78 bits per heavy atom. The van der Waals surface area contributed by atoms with Crippen LogP contribution in [0.15, 0.2) is 24.3 Å². The Labute approximate surface area is 113 Å². The fourth-order valence-electron chi connectivity index (χ4n) is 2.45. The van der Waals surface area contributed by atoms with Gasteiger partial charge in [-0.2, -0.15) is 11.8 Å². The molecule has 1 aromatic carbocycles. The molecule has 1 aliphatic rings. The third-order valence-electron chi connectivity index (χ3n) is 3.45. The number of nitrogens with two attached hydrogens (primary N) is 1. The van der Waals surface area contributed by atoms with Gasteiger partial charge in [0.15, 0.2) is 0 Å². The Bertz CT molecular complexity index is 405. The summed E-state index contributed by atoms with van der Waals surface area (Å²) >= 11 is 1.86. The first-order valence-corrected chi connectivity index (χ1v) is 7.64. The Hall–Kier alpha value is -1.16. The molecule has 0 aromatic heterocycles. The van der Waals surface area contributed by atoms with Crippen molar-refractivity contribution in [1.82, 2.24) is 5.32 Å². The zero-order valence-corrected chi connectivity index (χ0v) is 11.5. The molecule has 0 radical (unpaired) electrons. The molecule has 2 atom stereocenters. The van der Waals surface area contributed by atoms with Crippen LogP contribution in [0, 0.1) is 0 Å². The van der Waals surface area contributed by atoms with Crippen molar-refractivity contribution in [3.63, 3.8) is 0 Å². The Morgan fingerprint density at radius 1 is 1.39 bits per heavy atom. The summed E-state index contributed by atoms with van der Waals surface area (Å²) in [6, 6.07) is 7.85. The van der Waals surface area contributed by atoms with E-state index in [2.05, 4.69) is 11.6 Å². The molecular weight excluding hydrogens is 244 g/mol. The van der Waals surface area contributed by atoms with Crippen molar-refractivity contribution in [2.75, 3.05) is 12.0 Å². The molecule has 0 spiro atoms. The van der Waals surface area contributed by atoms with Gasteiger partial charge in [0.2, 0.25) is 5.91 Å². The van der Waals surface area contributed by atoms with Gasteiger partial charge in [0, 0.05) is 17.0 Å². The molecule has 1 amide bonds. The third kappa shape index (κ3) is 3.42. The van der Waals surface area contributed by atoms with Gasteiger partial charge >= 0.3 is 0 Å². The van der Waals surface area contributed by atoms with Gasteiger partial charge in [0.1, 0.15) is 0 Å². The molecule has 98 valence electrons. The summed E-state index contributed by atoms with van der Waals surface area (Å²) in [6.07, 6.45) is 6.11. The maximum absolute atomic E-state index is 12.0. The summed E-state index contributed by atoms with van der Waals surface area (Å²) in [5.41, 5.74) is 7.37. The second kappa shape index (κ2) is 6.14. The predicted molar refractivity (Wildman–Crippen MR) is 77.6 cm³/mol. The summed E-state index contributed by atoms with van der Waals surface area (Å²) in [5.74, 6) is 0.116. The lowest BCUT2D eigenvalue weighted by Crippen LogP contribution is -2.39. The number of amides is 1. The van der Waals surface area contributed by atoms with Crippen LogP contribution in [-0.4, -0.2) is 23.5 Å². The molecule has 1 saturated carbocycles. The summed E-state index contributed by atoms with van der Waals surface area (Å²) in [4.78, 5) is 12.0. The average molecular weight is 264 g/mol. The molecule has 0 heterocycles. The lowest BCUT2D eigenvalue weighted by atomic mass is 10.1. The Morgan fingerprint density at radius 2 is 2.11 bits per heavy atom. The van der Waals surface area contributed by atoms with Crippen LogP contribution in [0.5, 0.6) is 0 Å². The minimum absolute atomic E-state index is 0.116. The highest BCUT2D eigenvalue weighted by molar-refractivity contribution is 7.99. The number of benzene rings is 1. The van der Waals surface area contributed by atoms with Gasteiger partial charge in [-0.25, -0.2) is 0 Å². The molecule has 0 aliphatic heterocycles. The highest BCUT2D eigenvalue weighted by atomic mass is 32.2. The van der Waals surface area contributed by atoms with Gasteiger partial charge < -0.3 is 11.1 Å². The van der Waals surface area contributed by atoms with E-state index in [0.29, 0.717) is 17.7 Å². The monoisotopic (exact) mass is 264 g/mol. The SMILES string of the molecule is CSC1CCCC1NC(=O)Cc1ccc(N)cc1. The quantitative estimate of drug-likeness (QED) is 0.820. The van der Waals surface area contributed by atoms with Crippen molar-refractivity contribution in [1.29, 1.82) is 0 Å². The molecule has 2 rings (SSSR count). The standard InChI is InChI=1S/C14H20N2OS/c1-18-13-4-2-3-12(13)16-14(17)9-10-5-7-11(15)8-6-10/h5-8,12-13H,2-4,9,15H2,1H3,(H,16,17). The summed E-state index contributed by atoms with van der Waals surface area (Å²) in [5, 5.41) is 3.74. The van der Waals surface area contributed by atoms with Crippen LogP contribution in [0.1, 0.15) is 24.8 Å². The normalized spacial score (nSPS) is 22.9. The number of carbonyl (C=O) groups is 1. The summed E-state index contributed by atoms with van der Waals surface area (Å²) < 4.78 is 0. The maximum atomic E-state index is 12.0.